The highest BCUT2D eigenvalue weighted by atomic mass is 35.5. The first-order valence-corrected chi connectivity index (χ1v) is 4.14. The molecule has 1 aromatic carbocycles. The van der Waals surface area contributed by atoms with E-state index in [0.29, 0.717) is 11.6 Å². The Morgan fingerprint density at radius 2 is 2.33 bits per heavy atom. The zero-order valence-corrected chi connectivity index (χ0v) is 7.71. The van der Waals surface area contributed by atoms with Crippen molar-refractivity contribution in [3.05, 3.63) is 34.9 Å². The van der Waals surface area contributed by atoms with E-state index in [-0.39, 0.29) is 6.10 Å². The summed E-state index contributed by atoms with van der Waals surface area (Å²) < 4.78 is 5.16. The second kappa shape index (κ2) is 4.45. The number of methoxy groups -OCH3 is 1. The van der Waals surface area contributed by atoms with Crippen molar-refractivity contribution in [3.8, 4) is 0 Å². The molecule has 1 aromatic rings. The number of hydrogen-bond acceptors (Lipinski definition) is 2. The number of ether oxygens (including phenoxy) is 1. The van der Waals surface area contributed by atoms with Gasteiger partial charge in [0.2, 0.25) is 0 Å². The van der Waals surface area contributed by atoms with Gasteiger partial charge in [-0.3, -0.25) is 0 Å². The molecule has 0 spiro atoms. The van der Waals surface area contributed by atoms with Crippen LogP contribution >= 0.6 is 11.6 Å². The van der Waals surface area contributed by atoms with Gasteiger partial charge in [0.25, 0.3) is 0 Å². The molecule has 0 fully saturated rings. The topological polar surface area (TPSA) is 35.2 Å². The van der Waals surface area contributed by atoms with Gasteiger partial charge in [0.15, 0.2) is 0 Å². The molecule has 0 heterocycles. The van der Waals surface area contributed by atoms with Gasteiger partial charge in [-0.15, -0.1) is 0 Å². The van der Waals surface area contributed by atoms with Gasteiger partial charge >= 0.3 is 0 Å². The summed E-state index contributed by atoms with van der Waals surface area (Å²) in [6.07, 6.45) is -0.0521. The Morgan fingerprint density at radius 3 is 2.83 bits per heavy atom. The zero-order chi connectivity index (χ0) is 8.97. The van der Waals surface area contributed by atoms with Crippen molar-refractivity contribution in [1.29, 1.82) is 0 Å². The van der Waals surface area contributed by atoms with E-state index >= 15 is 0 Å². The Bertz CT molecular complexity index is 248. The van der Waals surface area contributed by atoms with Gasteiger partial charge in [0, 0.05) is 18.7 Å². The summed E-state index contributed by atoms with van der Waals surface area (Å²) in [4.78, 5) is 0. The number of nitrogens with two attached hydrogens (primary N) is 1. The summed E-state index contributed by atoms with van der Waals surface area (Å²) in [7, 11) is 1.64. The van der Waals surface area contributed by atoms with E-state index in [0.717, 1.165) is 5.56 Å². The van der Waals surface area contributed by atoms with E-state index in [1.54, 1.807) is 7.11 Å². The number of halogens is 1. The maximum atomic E-state index is 5.81. The van der Waals surface area contributed by atoms with Crippen LogP contribution in [0.15, 0.2) is 24.3 Å². The lowest BCUT2D eigenvalue weighted by Crippen LogP contribution is -2.13. The van der Waals surface area contributed by atoms with Crippen LogP contribution < -0.4 is 5.73 Å². The van der Waals surface area contributed by atoms with Crippen LogP contribution in [0.2, 0.25) is 5.02 Å². The Kier molecular flexibility index (Phi) is 3.53. The highest BCUT2D eigenvalue weighted by Gasteiger charge is 2.07. The smallest absolute Gasteiger partial charge is 0.0943 e. The minimum Gasteiger partial charge on any atom is -0.375 e. The van der Waals surface area contributed by atoms with Gasteiger partial charge in [-0.05, 0) is 17.7 Å². The molecular formula is C9H12ClNO. The van der Waals surface area contributed by atoms with Crippen LogP contribution in [0, 0.1) is 0 Å². The average Bonchev–Trinajstić information content (AvgIpc) is 2.07. The predicted molar refractivity (Wildman–Crippen MR) is 50.3 cm³/mol. The molecule has 0 bridgehead atoms. The number of hydrogen-bond donors (Lipinski definition) is 1. The van der Waals surface area contributed by atoms with Gasteiger partial charge in [-0.1, -0.05) is 23.7 Å². The van der Waals surface area contributed by atoms with Crippen molar-refractivity contribution in [3.63, 3.8) is 0 Å². The fourth-order valence-corrected chi connectivity index (χ4v) is 1.27. The quantitative estimate of drug-likeness (QED) is 0.782. The lowest BCUT2D eigenvalue weighted by Gasteiger charge is -2.12. The normalized spacial score (nSPS) is 12.9. The van der Waals surface area contributed by atoms with Gasteiger partial charge in [-0.2, -0.15) is 0 Å². The molecule has 1 rings (SSSR count). The molecule has 0 radical (unpaired) electrons. The molecule has 0 saturated carbocycles. The fourth-order valence-electron chi connectivity index (χ4n) is 1.08. The summed E-state index contributed by atoms with van der Waals surface area (Å²) in [6, 6.07) is 7.53. The molecule has 3 heteroatoms. The van der Waals surface area contributed by atoms with Crippen LogP contribution in [-0.2, 0) is 4.74 Å². The molecule has 2 N–H and O–H groups in total. The molecule has 1 atom stereocenters. The Morgan fingerprint density at radius 1 is 1.58 bits per heavy atom. The molecule has 2 nitrogen and oxygen atoms in total. The maximum absolute atomic E-state index is 5.81. The van der Waals surface area contributed by atoms with E-state index in [9.17, 15) is 0 Å². The summed E-state index contributed by atoms with van der Waals surface area (Å²) >= 11 is 5.81. The molecule has 0 unspecified atom stereocenters. The maximum Gasteiger partial charge on any atom is 0.0943 e. The van der Waals surface area contributed by atoms with Crippen molar-refractivity contribution in [2.75, 3.05) is 13.7 Å². The third-order valence-corrected chi connectivity index (χ3v) is 1.95. The summed E-state index contributed by atoms with van der Waals surface area (Å²) in [5, 5.41) is 0.711. The molecule has 0 aliphatic rings. The second-order valence-corrected chi connectivity index (χ2v) is 2.95. The Balaban J connectivity index is 2.85. The predicted octanol–water partition coefficient (Wildman–Crippen LogP) is 1.99. The van der Waals surface area contributed by atoms with Crippen molar-refractivity contribution in [2.45, 2.75) is 6.10 Å². The molecule has 0 amide bonds. The fraction of sp³-hybridized carbons (Fsp3) is 0.333. The van der Waals surface area contributed by atoms with Crippen molar-refractivity contribution in [2.24, 2.45) is 5.73 Å². The van der Waals surface area contributed by atoms with Crippen LogP contribution in [0.5, 0.6) is 0 Å². The number of rotatable bonds is 3. The van der Waals surface area contributed by atoms with Crippen LogP contribution in [0.25, 0.3) is 0 Å². The first-order valence-electron chi connectivity index (χ1n) is 3.76. The second-order valence-electron chi connectivity index (χ2n) is 2.52. The average molecular weight is 186 g/mol. The molecule has 0 aliphatic carbocycles. The highest BCUT2D eigenvalue weighted by molar-refractivity contribution is 6.30. The Labute approximate surface area is 77.3 Å². The van der Waals surface area contributed by atoms with Gasteiger partial charge in [0.05, 0.1) is 6.10 Å². The standard InChI is InChI=1S/C9H12ClNO/c1-12-9(6-11)7-3-2-4-8(10)5-7/h2-5,9H,6,11H2,1H3/t9-/m0/s1. The zero-order valence-electron chi connectivity index (χ0n) is 6.96. The van der Waals surface area contributed by atoms with E-state index in [1.807, 2.05) is 24.3 Å². The van der Waals surface area contributed by atoms with Crippen LogP contribution in [0.1, 0.15) is 11.7 Å². The third-order valence-electron chi connectivity index (χ3n) is 1.72. The van der Waals surface area contributed by atoms with Gasteiger partial charge < -0.3 is 10.5 Å². The van der Waals surface area contributed by atoms with E-state index < -0.39 is 0 Å². The minimum absolute atomic E-state index is 0.0521. The van der Waals surface area contributed by atoms with Crippen LogP contribution in [-0.4, -0.2) is 13.7 Å². The van der Waals surface area contributed by atoms with Gasteiger partial charge in [0.1, 0.15) is 0 Å². The SMILES string of the molecule is CO[C@@H](CN)c1cccc(Cl)c1. The van der Waals surface area contributed by atoms with Crippen molar-refractivity contribution >= 4 is 11.6 Å². The molecule has 0 saturated heterocycles. The minimum atomic E-state index is -0.0521. The molecule has 0 aliphatic heterocycles. The lowest BCUT2D eigenvalue weighted by atomic mass is 10.1. The largest absolute Gasteiger partial charge is 0.375 e. The highest BCUT2D eigenvalue weighted by Crippen LogP contribution is 2.18. The summed E-state index contributed by atoms with van der Waals surface area (Å²) in [5.41, 5.74) is 6.52. The van der Waals surface area contributed by atoms with Crippen LogP contribution in [0.4, 0.5) is 0 Å². The van der Waals surface area contributed by atoms with Gasteiger partial charge in [-0.25, -0.2) is 0 Å². The number of benzene rings is 1. The molecular weight excluding hydrogens is 174 g/mol. The van der Waals surface area contributed by atoms with E-state index in [2.05, 4.69) is 0 Å². The van der Waals surface area contributed by atoms with Crippen LogP contribution in [0.3, 0.4) is 0 Å². The van der Waals surface area contributed by atoms with E-state index in [4.69, 9.17) is 22.1 Å². The third kappa shape index (κ3) is 2.21. The molecule has 66 valence electrons. The monoisotopic (exact) mass is 185 g/mol. The first kappa shape index (κ1) is 9.52. The first-order chi connectivity index (χ1) is 5.77. The summed E-state index contributed by atoms with van der Waals surface area (Å²) in [6.45, 7) is 0.469. The summed E-state index contributed by atoms with van der Waals surface area (Å²) in [5.74, 6) is 0. The molecule has 0 aromatic heterocycles. The molecule has 12 heavy (non-hydrogen) atoms. The van der Waals surface area contributed by atoms with E-state index in [1.165, 1.54) is 0 Å². The van der Waals surface area contributed by atoms with Crippen molar-refractivity contribution in [1.82, 2.24) is 0 Å². The Hall–Kier alpha value is -0.570. The lowest BCUT2D eigenvalue weighted by molar-refractivity contribution is 0.110. The van der Waals surface area contributed by atoms with Crippen molar-refractivity contribution < 1.29 is 4.74 Å².